The highest BCUT2D eigenvalue weighted by Gasteiger charge is 2.49. The normalized spacial score (nSPS) is 29.6. The molecular formula is C14H24N2O2S. The summed E-state index contributed by atoms with van der Waals surface area (Å²) in [7, 11) is 0. The first-order valence-corrected chi connectivity index (χ1v) is 8.32. The van der Waals surface area contributed by atoms with E-state index in [9.17, 15) is 9.59 Å². The number of hydrogen-bond acceptors (Lipinski definition) is 3. The van der Waals surface area contributed by atoms with Crippen molar-refractivity contribution in [3.63, 3.8) is 0 Å². The van der Waals surface area contributed by atoms with E-state index in [0.717, 1.165) is 19.4 Å². The summed E-state index contributed by atoms with van der Waals surface area (Å²) in [4.78, 5) is 26.6. The summed E-state index contributed by atoms with van der Waals surface area (Å²) in [6, 6.07) is -0.639. The van der Waals surface area contributed by atoms with Gasteiger partial charge in [0.25, 0.3) is 0 Å². The molecule has 1 aliphatic heterocycles. The second-order valence-corrected chi connectivity index (χ2v) is 7.28. The first-order chi connectivity index (χ1) is 8.94. The maximum Gasteiger partial charge on any atom is 0.246 e. The standard InChI is InChI=1S/C14H24N2O2S/c1-5-10-12(17)15-11(9(2)3)13(18)16(10)8-14(19-4)6-7-14/h9-11H,5-8H2,1-4H3,(H,15,17). The van der Waals surface area contributed by atoms with E-state index in [0.29, 0.717) is 6.42 Å². The van der Waals surface area contributed by atoms with Gasteiger partial charge in [-0.05, 0) is 31.4 Å². The Hall–Kier alpha value is -0.710. The van der Waals surface area contributed by atoms with Gasteiger partial charge in [-0.2, -0.15) is 11.8 Å². The first kappa shape index (κ1) is 14.7. The topological polar surface area (TPSA) is 49.4 Å². The Balaban J connectivity index is 2.19. The Morgan fingerprint density at radius 1 is 1.42 bits per heavy atom. The van der Waals surface area contributed by atoms with Gasteiger partial charge < -0.3 is 10.2 Å². The fourth-order valence-electron chi connectivity index (χ4n) is 2.71. The highest BCUT2D eigenvalue weighted by atomic mass is 32.2. The van der Waals surface area contributed by atoms with Gasteiger partial charge in [-0.3, -0.25) is 9.59 Å². The number of rotatable bonds is 5. The molecule has 2 aliphatic rings. The van der Waals surface area contributed by atoms with E-state index >= 15 is 0 Å². The van der Waals surface area contributed by atoms with E-state index in [1.165, 1.54) is 0 Å². The van der Waals surface area contributed by atoms with E-state index in [1.807, 2.05) is 37.4 Å². The number of carbonyl (C=O) groups excluding carboxylic acids is 2. The van der Waals surface area contributed by atoms with Crippen LogP contribution in [0.4, 0.5) is 0 Å². The van der Waals surface area contributed by atoms with Crippen molar-refractivity contribution in [3.8, 4) is 0 Å². The minimum atomic E-state index is -0.354. The van der Waals surface area contributed by atoms with Crippen molar-refractivity contribution in [2.24, 2.45) is 5.92 Å². The minimum absolute atomic E-state index is 0.0118. The average molecular weight is 284 g/mol. The molecule has 19 heavy (non-hydrogen) atoms. The van der Waals surface area contributed by atoms with Crippen molar-refractivity contribution in [1.82, 2.24) is 10.2 Å². The zero-order chi connectivity index (χ0) is 14.2. The number of nitrogens with zero attached hydrogens (tertiary/aromatic N) is 1. The molecule has 4 nitrogen and oxygen atoms in total. The lowest BCUT2D eigenvalue weighted by Crippen LogP contribution is -2.65. The summed E-state index contributed by atoms with van der Waals surface area (Å²) in [5.74, 6) is 0.251. The van der Waals surface area contributed by atoms with Gasteiger partial charge >= 0.3 is 0 Å². The second-order valence-electron chi connectivity index (χ2n) is 6.01. The molecule has 0 spiro atoms. The fourth-order valence-corrected chi connectivity index (χ4v) is 3.49. The zero-order valence-electron chi connectivity index (χ0n) is 12.2. The molecular weight excluding hydrogens is 260 g/mol. The number of thioether (sulfide) groups is 1. The van der Waals surface area contributed by atoms with Crippen LogP contribution in [-0.4, -0.2) is 46.3 Å². The SMILES string of the molecule is CCC1C(=O)NC(C(C)C)C(=O)N1CC1(SC)CC1. The smallest absolute Gasteiger partial charge is 0.246 e. The largest absolute Gasteiger partial charge is 0.342 e. The van der Waals surface area contributed by atoms with Gasteiger partial charge in [0.15, 0.2) is 0 Å². The van der Waals surface area contributed by atoms with Crippen molar-refractivity contribution >= 4 is 23.6 Å². The van der Waals surface area contributed by atoms with Crippen LogP contribution in [0.3, 0.4) is 0 Å². The number of nitrogens with one attached hydrogen (secondary N) is 1. The van der Waals surface area contributed by atoms with Gasteiger partial charge in [0.1, 0.15) is 12.1 Å². The number of carbonyl (C=O) groups is 2. The Labute approximate surface area is 119 Å². The summed E-state index contributed by atoms with van der Waals surface area (Å²) in [5, 5.41) is 2.88. The number of piperazine rings is 1. The molecule has 2 fully saturated rings. The van der Waals surface area contributed by atoms with E-state index in [1.54, 1.807) is 0 Å². The molecule has 1 N–H and O–H groups in total. The van der Waals surface area contributed by atoms with Crippen LogP contribution in [0.2, 0.25) is 0 Å². The summed E-state index contributed by atoms with van der Waals surface area (Å²) in [6.45, 7) is 6.66. The molecule has 0 aromatic rings. The molecule has 1 saturated heterocycles. The quantitative estimate of drug-likeness (QED) is 0.835. The molecule has 2 amide bonds. The zero-order valence-corrected chi connectivity index (χ0v) is 13.0. The highest BCUT2D eigenvalue weighted by molar-refractivity contribution is 8.00. The summed E-state index contributed by atoms with van der Waals surface area (Å²) >= 11 is 1.83. The van der Waals surface area contributed by atoms with Gasteiger partial charge in [0, 0.05) is 11.3 Å². The van der Waals surface area contributed by atoms with Crippen LogP contribution in [0, 0.1) is 5.92 Å². The maximum atomic E-state index is 12.6. The predicted octanol–water partition coefficient (Wildman–Crippen LogP) is 1.64. The van der Waals surface area contributed by atoms with Gasteiger partial charge in [-0.1, -0.05) is 20.8 Å². The van der Waals surface area contributed by atoms with Crippen LogP contribution < -0.4 is 5.32 Å². The molecule has 2 unspecified atom stereocenters. The van der Waals surface area contributed by atoms with Crippen molar-refractivity contribution in [2.45, 2.75) is 56.9 Å². The Bertz CT molecular complexity index is 380. The molecule has 108 valence electrons. The molecule has 1 heterocycles. The summed E-state index contributed by atoms with van der Waals surface area (Å²) in [6.07, 6.45) is 5.10. The third-order valence-electron chi connectivity index (χ3n) is 4.28. The monoisotopic (exact) mass is 284 g/mol. The van der Waals surface area contributed by atoms with Crippen molar-refractivity contribution < 1.29 is 9.59 Å². The molecule has 5 heteroatoms. The second kappa shape index (κ2) is 5.35. The van der Waals surface area contributed by atoms with Gasteiger partial charge in [0.2, 0.25) is 11.8 Å². The van der Waals surface area contributed by atoms with Crippen LogP contribution in [0.25, 0.3) is 0 Å². The Kier molecular flexibility index (Phi) is 4.14. The van der Waals surface area contributed by atoms with Crippen LogP contribution in [-0.2, 0) is 9.59 Å². The summed E-state index contributed by atoms with van der Waals surface area (Å²) < 4.78 is 0.211. The Morgan fingerprint density at radius 3 is 2.47 bits per heavy atom. The van der Waals surface area contributed by atoms with E-state index < -0.39 is 0 Å². The molecule has 0 aromatic carbocycles. The van der Waals surface area contributed by atoms with Gasteiger partial charge in [-0.25, -0.2) is 0 Å². The third-order valence-corrected chi connectivity index (χ3v) is 5.68. The lowest BCUT2D eigenvalue weighted by Gasteiger charge is -2.41. The van der Waals surface area contributed by atoms with Crippen LogP contribution in [0.1, 0.15) is 40.0 Å². The lowest BCUT2D eigenvalue weighted by atomic mass is 9.96. The van der Waals surface area contributed by atoms with E-state index in [4.69, 9.17) is 0 Å². The number of hydrogen-bond donors (Lipinski definition) is 1. The van der Waals surface area contributed by atoms with Crippen LogP contribution >= 0.6 is 11.8 Å². The van der Waals surface area contributed by atoms with Gasteiger partial charge in [0.05, 0.1) is 0 Å². The van der Waals surface area contributed by atoms with Crippen LogP contribution in [0.15, 0.2) is 0 Å². The molecule has 2 atom stereocenters. The summed E-state index contributed by atoms with van der Waals surface area (Å²) in [5.41, 5.74) is 0. The third kappa shape index (κ3) is 2.76. The van der Waals surface area contributed by atoms with E-state index in [-0.39, 0.29) is 34.6 Å². The lowest BCUT2D eigenvalue weighted by molar-refractivity contribution is -0.150. The molecule has 1 saturated carbocycles. The molecule has 0 aromatic heterocycles. The predicted molar refractivity (Wildman–Crippen MR) is 78.0 cm³/mol. The van der Waals surface area contributed by atoms with Crippen LogP contribution in [0.5, 0.6) is 0 Å². The van der Waals surface area contributed by atoms with Crippen molar-refractivity contribution in [2.75, 3.05) is 12.8 Å². The molecule has 2 rings (SSSR count). The molecule has 0 bridgehead atoms. The molecule has 0 radical (unpaired) electrons. The molecule has 1 aliphatic carbocycles. The Morgan fingerprint density at radius 2 is 2.05 bits per heavy atom. The fraction of sp³-hybridized carbons (Fsp3) is 0.857. The first-order valence-electron chi connectivity index (χ1n) is 7.10. The van der Waals surface area contributed by atoms with E-state index in [2.05, 4.69) is 11.6 Å². The van der Waals surface area contributed by atoms with Crippen molar-refractivity contribution in [1.29, 1.82) is 0 Å². The highest BCUT2D eigenvalue weighted by Crippen LogP contribution is 2.48. The van der Waals surface area contributed by atoms with Crippen molar-refractivity contribution in [3.05, 3.63) is 0 Å². The number of amides is 2. The maximum absolute atomic E-state index is 12.6. The minimum Gasteiger partial charge on any atom is -0.342 e. The average Bonchev–Trinajstić information content (AvgIpc) is 3.14. The van der Waals surface area contributed by atoms with Gasteiger partial charge in [-0.15, -0.1) is 0 Å².